The van der Waals surface area contributed by atoms with Gasteiger partial charge in [0.25, 0.3) is 0 Å². The Morgan fingerprint density at radius 1 is 1.22 bits per heavy atom. The number of nitrogens with two attached hydrogens (primary N) is 1. The third-order valence-corrected chi connectivity index (χ3v) is 6.29. The third kappa shape index (κ3) is 4.08. The Bertz CT molecular complexity index is 1080. The number of nitrogens with one attached hydrogen (secondary N) is 1. The number of anilines is 1. The van der Waals surface area contributed by atoms with Crippen molar-refractivity contribution >= 4 is 28.3 Å². The summed E-state index contributed by atoms with van der Waals surface area (Å²) >= 11 is 6.24. The maximum atomic E-state index is 6.24. The van der Waals surface area contributed by atoms with Gasteiger partial charge in [0.2, 0.25) is 0 Å². The number of rotatable bonds is 8. The fraction of sp³-hybridized carbons (Fsp3) is 0.417. The Labute approximate surface area is 195 Å². The first-order chi connectivity index (χ1) is 15.6. The number of benzene rings is 1. The normalized spacial score (nSPS) is 17.3. The minimum atomic E-state index is -0.0689. The van der Waals surface area contributed by atoms with Crippen LogP contribution in [0.1, 0.15) is 51.4 Å². The lowest BCUT2D eigenvalue weighted by Crippen LogP contribution is -2.31. The molecule has 1 aromatic carbocycles. The SMILES string of the molecule is C=C1N(Cc2nc3ccc(Cl)cc3n2NOCC)c2cnccc2C1(CC)CCC.CN. The standard InChI is InChI=1S/C23H28ClN5O.CH5N/c1-5-11-23(6-2)16(4)28(21-14-25-12-10-18(21)23)15-22-26-19-9-8-17(24)13-20(19)29(22)27-30-7-3;1-2/h8-10,12-14,27H,4-7,11,15H2,1-3H3;2H2,1H3. The zero-order chi connectivity index (χ0) is 23.3. The largest absolute Gasteiger partial charge is 0.336 e. The van der Waals surface area contributed by atoms with E-state index in [4.69, 9.17) is 21.4 Å². The van der Waals surface area contributed by atoms with Gasteiger partial charge in [-0.3, -0.25) is 9.82 Å². The highest BCUT2D eigenvalue weighted by Crippen LogP contribution is 2.52. The van der Waals surface area contributed by atoms with Crippen LogP contribution in [0.3, 0.4) is 0 Å². The lowest BCUT2D eigenvalue weighted by molar-refractivity contribution is 0.168. The molecule has 2 aromatic heterocycles. The van der Waals surface area contributed by atoms with Crippen molar-refractivity contribution in [3.8, 4) is 0 Å². The van der Waals surface area contributed by atoms with Gasteiger partial charge in [-0.15, -0.1) is 0 Å². The van der Waals surface area contributed by atoms with Crippen molar-refractivity contribution in [2.24, 2.45) is 5.73 Å². The number of halogens is 1. The molecular formula is C24H33ClN6O. The summed E-state index contributed by atoms with van der Waals surface area (Å²) in [5.41, 5.74) is 12.7. The van der Waals surface area contributed by atoms with Gasteiger partial charge >= 0.3 is 0 Å². The van der Waals surface area contributed by atoms with E-state index in [0.29, 0.717) is 18.2 Å². The summed E-state index contributed by atoms with van der Waals surface area (Å²) in [7, 11) is 1.50. The Balaban J connectivity index is 0.00000141. The van der Waals surface area contributed by atoms with E-state index < -0.39 is 0 Å². The Morgan fingerprint density at radius 2 is 2.00 bits per heavy atom. The highest BCUT2D eigenvalue weighted by molar-refractivity contribution is 6.31. The summed E-state index contributed by atoms with van der Waals surface area (Å²) in [6.07, 6.45) is 6.96. The van der Waals surface area contributed by atoms with Gasteiger partial charge in [-0.05, 0) is 56.6 Å². The average molecular weight is 457 g/mol. The summed E-state index contributed by atoms with van der Waals surface area (Å²) in [4.78, 5) is 17.0. The predicted octanol–water partition coefficient (Wildman–Crippen LogP) is 5.14. The third-order valence-electron chi connectivity index (χ3n) is 6.05. The second-order valence-electron chi connectivity index (χ2n) is 7.63. The molecule has 1 unspecified atom stereocenters. The van der Waals surface area contributed by atoms with Gasteiger partial charge < -0.3 is 10.6 Å². The number of nitrogens with zero attached hydrogens (tertiary/aromatic N) is 4. The second-order valence-corrected chi connectivity index (χ2v) is 8.07. The van der Waals surface area contributed by atoms with Crippen LogP contribution in [-0.2, 0) is 16.8 Å². The Hall–Kier alpha value is -2.61. The fourth-order valence-electron chi connectivity index (χ4n) is 4.60. The smallest absolute Gasteiger partial charge is 0.150 e. The maximum Gasteiger partial charge on any atom is 0.150 e. The number of allylic oxidation sites excluding steroid dienone is 1. The Kier molecular flexibility index (Phi) is 7.77. The number of aromatic nitrogens is 3. The van der Waals surface area contributed by atoms with Crippen molar-refractivity contribution in [3.05, 3.63) is 65.3 Å². The number of hydrogen-bond donors (Lipinski definition) is 2. The van der Waals surface area contributed by atoms with Crippen molar-refractivity contribution in [2.45, 2.75) is 52.0 Å². The molecule has 1 atom stereocenters. The molecule has 0 saturated carbocycles. The van der Waals surface area contributed by atoms with Crippen LogP contribution in [0.5, 0.6) is 0 Å². The first-order valence-electron chi connectivity index (χ1n) is 11.1. The van der Waals surface area contributed by atoms with Gasteiger partial charge in [0, 0.05) is 22.3 Å². The molecule has 1 aliphatic heterocycles. The van der Waals surface area contributed by atoms with Gasteiger partial charge in [-0.2, -0.15) is 0 Å². The van der Waals surface area contributed by atoms with Crippen molar-refractivity contribution < 1.29 is 4.84 Å². The Morgan fingerprint density at radius 3 is 2.69 bits per heavy atom. The van der Waals surface area contributed by atoms with Crippen molar-refractivity contribution in [3.63, 3.8) is 0 Å². The summed E-state index contributed by atoms with van der Waals surface area (Å²) < 4.78 is 1.86. The molecule has 0 amide bonds. The fourth-order valence-corrected chi connectivity index (χ4v) is 4.77. The van der Waals surface area contributed by atoms with Gasteiger partial charge in [-0.1, -0.05) is 38.4 Å². The minimum absolute atomic E-state index is 0.0689. The van der Waals surface area contributed by atoms with Crippen LogP contribution >= 0.6 is 11.6 Å². The molecule has 0 fully saturated rings. The molecule has 0 radical (unpaired) electrons. The molecule has 32 heavy (non-hydrogen) atoms. The number of hydrogen-bond acceptors (Lipinski definition) is 6. The molecule has 0 bridgehead atoms. The van der Waals surface area contributed by atoms with Gasteiger partial charge in [-0.25, -0.2) is 15.2 Å². The van der Waals surface area contributed by atoms with Crippen molar-refractivity contribution in [2.75, 3.05) is 24.1 Å². The summed E-state index contributed by atoms with van der Waals surface area (Å²) in [5.74, 6) is 0.820. The molecule has 1 aliphatic rings. The highest BCUT2D eigenvalue weighted by Gasteiger charge is 2.44. The van der Waals surface area contributed by atoms with E-state index in [1.807, 2.05) is 42.2 Å². The molecular weight excluding hydrogens is 424 g/mol. The lowest BCUT2D eigenvalue weighted by Gasteiger charge is -2.32. The maximum absolute atomic E-state index is 6.24. The summed E-state index contributed by atoms with van der Waals surface area (Å²) in [5, 5.41) is 0.654. The van der Waals surface area contributed by atoms with E-state index in [-0.39, 0.29) is 5.41 Å². The van der Waals surface area contributed by atoms with E-state index in [1.54, 1.807) is 0 Å². The average Bonchev–Trinajstić information content (AvgIpc) is 3.27. The molecule has 3 heterocycles. The number of fused-ring (bicyclic) bond motifs is 2. The van der Waals surface area contributed by atoms with Crippen molar-refractivity contribution in [1.82, 2.24) is 14.6 Å². The molecule has 4 rings (SSSR count). The quantitative estimate of drug-likeness (QED) is 0.457. The molecule has 0 aliphatic carbocycles. The monoisotopic (exact) mass is 456 g/mol. The molecule has 3 aromatic rings. The van der Waals surface area contributed by atoms with Crippen LogP contribution in [0.25, 0.3) is 11.0 Å². The van der Waals surface area contributed by atoms with E-state index in [2.05, 4.69) is 47.7 Å². The van der Waals surface area contributed by atoms with Crippen LogP contribution < -0.4 is 16.2 Å². The van der Waals surface area contributed by atoms with E-state index in [9.17, 15) is 0 Å². The number of imidazole rings is 1. The number of pyridine rings is 1. The van der Waals surface area contributed by atoms with Crippen LogP contribution in [0.2, 0.25) is 5.02 Å². The van der Waals surface area contributed by atoms with Gasteiger partial charge in [0.15, 0.2) is 5.82 Å². The summed E-state index contributed by atoms with van der Waals surface area (Å²) in [6.45, 7) is 12.0. The highest BCUT2D eigenvalue weighted by atomic mass is 35.5. The van der Waals surface area contributed by atoms with Crippen molar-refractivity contribution in [1.29, 1.82) is 0 Å². The van der Waals surface area contributed by atoms with Crippen LogP contribution in [0.15, 0.2) is 48.9 Å². The van der Waals surface area contributed by atoms with Gasteiger partial charge in [0.1, 0.15) is 0 Å². The molecule has 3 N–H and O–H groups in total. The molecule has 172 valence electrons. The zero-order valence-corrected chi connectivity index (χ0v) is 20.1. The van der Waals surface area contributed by atoms with Gasteiger partial charge in [0.05, 0.1) is 36.1 Å². The first-order valence-corrected chi connectivity index (χ1v) is 11.5. The molecule has 0 saturated heterocycles. The molecule has 7 nitrogen and oxygen atoms in total. The predicted molar refractivity (Wildman–Crippen MR) is 132 cm³/mol. The molecule has 8 heteroatoms. The second kappa shape index (κ2) is 10.3. The minimum Gasteiger partial charge on any atom is -0.336 e. The van der Waals surface area contributed by atoms with Crippen LogP contribution in [0, 0.1) is 0 Å². The van der Waals surface area contributed by atoms with Crippen LogP contribution in [-0.4, -0.2) is 28.3 Å². The van der Waals surface area contributed by atoms with E-state index in [0.717, 1.165) is 47.5 Å². The summed E-state index contributed by atoms with van der Waals surface area (Å²) in [6, 6.07) is 7.80. The topological polar surface area (TPSA) is 81.2 Å². The first kappa shape index (κ1) is 24.0. The van der Waals surface area contributed by atoms with E-state index >= 15 is 0 Å². The molecule has 0 spiro atoms. The zero-order valence-electron chi connectivity index (χ0n) is 19.4. The van der Waals surface area contributed by atoms with E-state index in [1.165, 1.54) is 12.6 Å². The lowest BCUT2D eigenvalue weighted by atomic mass is 9.74. The van der Waals surface area contributed by atoms with Crippen LogP contribution in [0.4, 0.5) is 5.69 Å².